The zero-order chi connectivity index (χ0) is 14.7. The van der Waals surface area contributed by atoms with E-state index in [-0.39, 0.29) is 0 Å². The van der Waals surface area contributed by atoms with Crippen LogP contribution in [0.5, 0.6) is 0 Å². The molecule has 0 amide bonds. The molecule has 1 aromatic carbocycles. The number of oxazole rings is 1. The van der Waals surface area contributed by atoms with Crippen molar-refractivity contribution in [1.82, 2.24) is 14.9 Å². The van der Waals surface area contributed by atoms with Crippen molar-refractivity contribution < 1.29 is 4.42 Å². The number of nitrogens with two attached hydrogens (primary N) is 1. The molecular weight excluding hydrogens is 264 g/mol. The van der Waals surface area contributed by atoms with Crippen LogP contribution in [0.4, 0.5) is 5.69 Å². The van der Waals surface area contributed by atoms with E-state index in [2.05, 4.69) is 21.8 Å². The summed E-state index contributed by atoms with van der Waals surface area (Å²) in [5.41, 5.74) is 9.07. The van der Waals surface area contributed by atoms with Gasteiger partial charge in [-0.2, -0.15) is 0 Å². The largest absolute Gasteiger partial charge is 0.439 e. The van der Waals surface area contributed by atoms with Crippen LogP contribution in [-0.4, -0.2) is 21.4 Å². The molecule has 0 bridgehead atoms. The number of para-hydroxylation sites is 1. The van der Waals surface area contributed by atoms with Gasteiger partial charge in [0.1, 0.15) is 5.52 Å². The number of rotatable bonds is 5. The number of fused-ring (bicyclic) bond motifs is 1. The van der Waals surface area contributed by atoms with Gasteiger partial charge < -0.3 is 10.2 Å². The molecule has 3 rings (SSSR count). The Morgan fingerprint density at radius 2 is 2.05 bits per heavy atom. The highest BCUT2D eigenvalue weighted by Gasteiger charge is 2.12. The molecule has 108 valence electrons. The van der Waals surface area contributed by atoms with E-state index in [1.165, 1.54) is 0 Å². The molecule has 21 heavy (non-hydrogen) atoms. The van der Waals surface area contributed by atoms with E-state index < -0.39 is 0 Å². The lowest BCUT2D eigenvalue weighted by Crippen LogP contribution is -2.22. The van der Waals surface area contributed by atoms with Gasteiger partial charge in [0.2, 0.25) is 5.89 Å². The summed E-state index contributed by atoms with van der Waals surface area (Å²) < 4.78 is 5.77. The van der Waals surface area contributed by atoms with Crippen LogP contribution in [-0.2, 0) is 13.1 Å². The van der Waals surface area contributed by atoms with Crippen LogP contribution in [0.2, 0.25) is 0 Å². The molecule has 2 heterocycles. The lowest BCUT2D eigenvalue weighted by atomic mass is 10.3. The van der Waals surface area contributed by atoms with Gasteiger partial charge in [-0.15, -0.1) is 0 Å². The maximum atomic E-state index is 5.91. The van der Waals surface area contributed by atoms with Crippen LogP contribution in [0.15, 0.2) is 47.0 Å². The van der Waals surface area contributed by atoms with Crippen LogP contribution in [0.25, 0.3) is 11.1 Å². The van der Waals surface area contributed by atoms with Gasteiger partial charge in [-0.25, -0.2) is 4.98 Å². The maximum Gasteiger partial charge on any atom is 0.209 e. The average Bonchev–Trinajstić information content (AvgIpc) is 2.92. The van der Waals surface area contributed by atoms with E-state index in [1.54, 1.807) is 0 Å². The van der Waals surface area contributed by atoms with Gasteiger partial charge in [-0.3, -0.25) is 9.88 Å². The summed E-state index contributed by atoms with van der Waals surface area (Å²) in [6.07, 6.45) is 1.81. The number of benzene rings is 1. The topological polar surface area (TPSA) is 68.2 Å². The Bertz CT molecular complexity index is 723. The van der Waals surface area contributed by atoms with Crippen molar-refractivity contribution in [2.75, 3.05) is 12.3 Å². The molecule has 0 spiro atoms. The Kier molecular flexibility index (Phi) is 3.83. The molecule has 2 N–H and O–H groups in total. The fourth-order valence-electron chi connectivity index (χ4n) is 2.27. The molecule has 0 radical (unpaired) electrons. The standard InChI is InChI=1S/C16H18N4O/c1-2-20(10-12-6-3-4-9-18-12)11-15-19-16-13(17)7-5-8-14(16)21-15/h3-9H,2,10-11,17H2,1H3. The van der Waals surface area contributed by atoms with Crippen LogP contribution in [0.3, 0.4) is 0 Å². The Labute approximate surface area is 123 Å². The average molecular weight is 282 g/mol. The predicted octanol–water partition coefficient (Wildman–Crippen LogP) is 2.83. The number of hydrogen-bond donors (Lipinski definition) is 1. The van der Waals surface area contributed by atoms with Gasteiger partial charge in [0.15, 0.2) is 5.58 Å². The number of nitrogen functional groups attached to an aromatic ring is 1. The summed E-state index contributed by atoms with van der Waals surface area (Å²) >= 11 is 0. The highest BCUT2D eigenvalue weighted by Crippen LogP contribution is 2.22. The molecular formula is C16H18N4O. The quantitative estimate of drug-likeness (QED) is 0.729. The Morgan fingerprint density at radius 1 is 1.14 bits per heavy atom. The van der Waals surface area contributed by atoms with Gasteiger partial charge in [0.25, 0.3) is 0 Å². The van der Waals surface area contributed by atoms with E-state index in [0.717, 1.165) is 29.9 Å². The van der Waals surface area contributed by atoms with Crippen molar-refractivity contribution in [3.63, 3.8) is 0 Å². The lowest BCUT2D eigenvalue weighted by molar-refractivity contribution is 0.242. The first-order chi connectivity index (χ1) is 10.3. The second-order valence-corrected chi connectivity index (χ2v) is 4.93. The molecule has 3 aromatic rings. The summed E-state index contributed by atoms with van der Waals surface area (Å²) in [5, 5.41) is 0. The van der Waals surface area contributed by atoms with E-state index in [1.807, 2.05) is 42.6 Å². The Morgan fingerprint density at radius 3 is 2.76 bits per heavy atom. The summed E-state index contributed by atoms with van der Waals surface area (Å²) in [6.45, 7) is 4.41. The minimum Gasteiger partial charge on any atom is -0.439 e. The molecule has 0 fully saturated rings. The van der Waals surface area contributed by atoms with Gasteiger partial charge in [-0.05, 0) is 30.8 Å². The van der Waals surface area contributed by atoms with Crippen molar-refractivity contribution in [1.29, 1.82) is 0 Å². The molecule has 5 heteroatoms. The molecule has 2 aromatic heterocycles. The first kappa shape index (κ1) is 13.6. The van der Waals surface area contributed by atoms with Crippen molar-refractivity contribution in [3.8, 4) is 0 Å². The SMILES string of the molecule is CCN(Cc1ccccn1)Cc1nc2c(N)cccc2o1. The molecule has 0 aliphatic carbocycles. The normalized spacial score (nSPS) is 11.3. The Hall–Kier alpha value is -2.40. The second kappa shape index (κ2) is 5.93. The second-order valence-electron chi connectivity index (χ2n) is 4.93. The zero-order valence-corrected chi connectivity index (χ0v) is 12.0. The molecule has 5 nitrogen and oxygen atoms in total. The maximum absolute atomic E-state index is 5.91. The highest BCUT2D eigenvalue weighted by atomic mass is 16.3. The summed E-state index contributed by atoms with van der Waals surface area (Å²) in [5.74, 6) is 0.681. The molecule has 0 saturated heterocycles. The molecule has 0 atom stereocenters. The summed E-state index contributed by atoms with van der Waals surface area (Å²) in [4.78, 5) is 11.1. The van der Waals surface area contributed by atoms with Crippen LogP contribution < -0.4 is 5.73 Å². The van der Waals surface area contributed by atoms with Crippen molar-refractivity contribution in [3.05, 3.63) is 54.2 Å². The third-order valence-electron chi connectivity index (χ3n) is 3.41. The third-order valence-corrected chi connectivity index (χ3v) is 3.41. The van der Waals surface area contributed by atoms with Gasteiger partial charge in [-0.1, -0.05) is 19.1 Å². The van der Waals surface area contributed by atoms with Crippen molar-refractivity contribution >= 4 is 16.8 Å². The summed E-state index contributed by atoms with van der Waals surface area (Å²) in [7, 11) is 0. The number of anilines is 1. The first-order valence-electron chi connectivity index (χ1n) is 7.02. The van der Waals surface area contributed by atoms with Crippen molar-refractivity contribution in [2.24, 2.45) is 0 Å². The number of nitrogens with zero attached hydrogens (tertiary/aromatic N) is 3. The van der Waals surface area contributed by atoms with Crippen LogP contribution in [0.1, 0.15) is 18.5 Å². The first-order valence-corrected chi connectivity index (χ1v) is 7.02. The monoisotopic (exact) mass is 282 g/mol. The molecule has 0 unspecified atom stereocenters. The molecule has 0 saturated carbocycles. The number of hydrogen-bond acceptors (Lipinski definition) is 5. The third kappa shape index (κ3) is 3.03. The fraction of sp³-hybridized carbons (Fsp3) is 0.250. The highest BCUT2D eigenvalue weighted by molar-refractivity contribution is 5.85. The predicted molar refractivity (Wildman–Crippen MR) is 82.4 cm³/mol. The van der Waals surface area contributed by atoms with Crippen LogP contribution >= 0.6 is 0 Å². The zero-order valence-electron chi connectivity index (χ0n) is 12.0. The number of pyridine rings is 1. The van der Waals surface area contributed by atoms with Crippen molar-refractivity contribution in [2.45, 2.75) is 20.0 Å². The van der Waals surface area contributed by atoms with Gasteiger partial charge >= 0.3 is 0 Å². The summed E-state index contributed by atoms with van der Waals surface area (Å²) in [6, 6.07) is 11.5. The minimum atomic E-state index is 0.640. The minimum absolute atomic E-state index is 0.640. The van der Waals surface area contributed by atoms with E-state index in [0.29, 0.717) is 18.1 Å². The van der Waals surface area contributed by atoms with Crippen LogP contribution in [0, 0.1) is 0 Å². The van der Waals surface area contributed by atoms with E-state index in [4.69, 9.17) is 10.2 Å². The molecule has 0 aliphatic heterocycles. The fourth-order valence-corrected chi connectivity index (χ4v) is 2.27. The van der Waals surface area contributed by atoms with Gasteiger partial charge in [0.05, 0.1) is 17.9 Å². The lowest BCUT2D eigenvalue weighted by Gasteiger charge is -2.17. The molecule has 0 aliphatic rings. The Balaban J connectivity index is 1.77. The smallest absolute Gasteiger partial charge is 0.209 e. The van der Waals surface area contributed by atoms with E-state index >= 15 is 0 Å². The van der Waals surface area contributed by atoms with Gasteiger partial charge in [0, 0.05) is 12.7 Å². The van der Waals surface area contributed by atoms with E-state index in [9.17, 15) is 0 Å². The number of aromatic nitrogens is 2.